The van der Waals surface area contributed by atoms with Crippen LogP contribution in [0.5, 0.6) is 5.75 Å². The van der Waals surface area contributed by atoms with Crippen molar-refractivity contribution in [2.24, 2.45) is 0 Å². The lowest BCUT2D eigenvalue weighted by molar-refractivity contribution is 0.0922. The van der Waals surface area contributed by atoms with Gasteiger partial charge in [0.2, 0.25) is 0 Å². The van der Waals surface area contributed by atoms with Crippen LogP contribution in [0.4, 0.5) is 0 Å². The summed E-state index contributed by atoms with van der Waals surface area (Å²) in [5, 5.41) is 1.79. The van der Waals surface area contributed by atoms with Gasteiger partial charge in [0.15, 0.2) is 12.4 Å². The molecule has 0 N–H and O–H groups in total. The summed E-state index contributed by atoms with van der Waals surface area (Å²) in [5.41, 5.74) is 0.408. The molecule has 3 rings (SSSR count). The molecule has 0 aliphatic rings. The normalized spacial score (nSPS) is 10.8. The van der Waals surface area contributed by atoms with Crippen molar-refractivity contribution >= 4 is 28.2 Å². The molecule has 0 bridgehead atoms. The van der Waals surface area contributed by atoms with Crippen molar-refractivity contribution in [2.45, 2.75) is 6.54 Å². The van der Waals surface area contributed by atoms with Gasteiger partial charge in [0.05, 0.1) is 12.0 Å². The highest BCUT2D eigenvalue weighted by molar-refractivity contribution is 6.30. The third-order valence-electron chi connectivity index (χ3n) is 4.04. The predicted octanol–water partition coefficient (Wildman–Crippen LogP) is 3.56. The molecule has 0 atom stereocenters. The minimum atomic E-state index is -0.160. The average Bonchev–Trinajstić information content (AvgIpc) is 2.66. The second-order valence-electron chi connectivity index (χ2n) is 5.74. The zero-order valence-electron chi connectivity index (χ0n) is 14.3. The molecule has 0 saturated heterocycles. The molecule has 2 aromatic carbocycles. The average molecular weight is 372 g/mol. The third kappa shape index (κ3) is 3.95. The van der Waals surface area contributed by atoms with Crippen LogP contribution >= 0.6 is 11.6 Å². The van der Waals surface area contributed by atoms with E-state index < -0.39 is 0 Å². The standard InChI is InChI=1S/C20H18ClNO4/c1-25-12-11-22-10-9-16-17(20(22)24)3-2-4-19(16)26-13-18(23)14-5-7-15(21)8-6-14/h2-10H,11-13H2,1H3. The number of carbonyl (C=O) groups is 1. The van der Waals surface area contributed by atoms with E-state index in [0.717, 1.165) is 0 Å². The van der Waals surface area contributed by atoms with Crippen LogP contribution in [0.15, 0.2) is 59.5 Å². The SMILES string of the molecule is COCCn1ccc2c(OCC(=O)c3ccc(Cl)cc3)cccc2c1=O. The maximum atomic E-state index is 12.6. The van der Waals surface area contributed by atoms with Gasteiger partial charge in [-0.15, -0.1) is 0 Å². The van der Waals surface area contributed by atoms with E-state index in [0.29, 0.717) is 40.3 Å². The third-order valence-corrected chi connectivity index (χ3v) is 4.29. The van der Waals surface area contributed by atoms with Gasteiger partial charge < -0.3 is 14.0 Å². The lowest BCUT2D eigenvalue weighted by atomic mass is 10.1. The minimum absolute atomic E-state index is 0.117. The highest BCUT2D eigenvalue weighted by Crippen LogP contribution is 2.23. The summed E-state index contributed by atoms with van der Waals surface area (Å²) in [4.78, 5) is 24.8. The minimum Gasteiger partial charge on any atom is -0.485 e. The predicted molar refractivity (Wildman–Crippen MR) is 101 cm³/mol. The number of ether oxygens (including phenoxy) is 2. The van der Waals surface area contributed by atoms with Gasteiger partial charge in [-0.2, -0.15) is 0 Å². The monoisotopic (exact) mass is 371 g/mol. The molecular weight excluding hydrogens is 354 g/mol. The van der Waals surface area contributed by atoms with Crippen LogP contribution in [-0.4, -0.2) is 30.7 Å². The number of carbonyl (C=O) groups excluding carboxylic acids is 1. The van der Waals surface area contributed by atoms with Crippen molar-refractivity contribution in [1.29, 1.82) is 0 Å². The van der Waals surface area contributed by atoms with Gasteiger partial charge in [-0.05, 0) is 42.5 Å². The van der Waals surface area contributed by atoms with E-state index in [1.54, 1.807) is 60.3 Å². The van der Waals surface area contributed by atoms with Gasteiger partial charge >= 0.3 is 0 Å². The van der Waals surface area contributed by atoms with Gasteiger partial charge in [-0.3, -0.25) is 9.59 Å². The van der Waals surface area contributed by atoms with Gasteiger partial charge in [0.25, 0.3) is 5.56 Å². The fourth-order valence-electron chi connectivity index (χ4n) is 2.64. The molecule has 1 heterocycles. The molecule has 0 spiro atoms. The number of benzene rings is 2. The lowest BCUT2D eigenvalue weighted by Crippen LogP contribution is -2.21. The van der Waals surface area contributed by atoms with Crippen LogP contribution < -0.4 is 10.3 Å². The van der Waals surface area contributed by atoms with Gasteiger partial charge in [0.1, 0.15) is 5.75 Å². The second-order valence-corrected chi connectivity index (χ2v) is 6.18. The van der Waals surface area contributed by atoms with Crippen molar-refractivity contribution in [1.82, 2.24) is 4.57 Å². The Morgan fingerprint density at radius 2 is 1.85 bits per heavy atom. The molecule has 1 aromatic heterocycles. The summed E-state index contributed by atoms with van der Waals surface area (Å²) in [7, 11) is 1.59. The maximum absolute atomic E-state index is 12.6. The fourth-order valence-corrected chi connectivity index (χ4v) is 2.77. The van der Waals surface area contributed by atoms with Gasteiger partial charge in [0, 0.05) is 35.8 Å². The number of fused-ring (bicyclic) bond motifs is 1. The molecule has 0 aliphatic carbocycles. The van der Waals surface area contributed by atoms with Crippen molar-refractivity contribution in [3.8, 4) is 5.75 Å². The van der Waals surface area contributed by atoms with E-state index in [1.165, 1.54) is 0 Å². The Morgan fingerprint density at radius 3 is 2.58 bits per heavy atom. The van der Waals surface area contributed by atoms with E-state index in [4.69, 9.17) is 21.1 Å². The van der Waals surface area contributed by atoms with Crippen LogP contribution in [0, 0.1) is 0 Å². The van der Waals surface area contributed by atoms with Crippen LogP contribution in [0.2, 0.25) is 5.02 Å². The van der Waals surface area contributed by atoms with Gasteiger partial charge in [-0.25, -0.2) is 0 Å². The zero-order chi connectivity index (χ0) is 18.5. The number of aromatic nitrogens is 1. The first-order chi connectivity index (χ1) is 12.6. The molecule has 6 heteroatoms. The largest absolute Gasteiger partial charge is 0.485 e. The molecule has 0 radical (unpaired) electrons. The Hall–Kier alpha value is -2.63. The van der Waals surface area contributed by atoms with E-state index in [9.17, 15) is 9.59 Å². The molecule has 3 aromatic rings. The summed E-state index contributed by atoms with van der Waals surface area (Å²) in [6.07, 6.45) is 1.71. The molecule has 0 amide bonds. The highest BCUT2D eigenvalue weighted by Gasteiger charge is 2.11. The van der Waals surface area contributed by atoms with Crippen molar-refractivity contribution in [2.75, 3.05) is 20.3 Å². The Bertz CT molecular complexity index is 979. The first-order valence-corrected chi connectivity index (χ1v) is 8.50. The summed E-state index contributed by atoms with van der Waals surface area (Å²) in [5.74, 6) is 0.341. The van der Waals surface area contributed by atoms with Crippen LogP contribution in [0.1, 0.15) is 10.4 Å². The van der Waals surface area contributed by atoms with E-state index in [2.05, 4.69) is 0 Å². The number of hydrogen-bond donors (Lipinski definition) is 0. The number of pyridine rings is 1. The van der Waals surface area contributed by atoms with Crippen LogP contribution in [-0.2, 0) is 11.3 Å². The van der Waals surface area contributed by atoms with Crippen LogP contribution in [0.25, 0.3) is 10.8 Å². The zero-order valence-corrected chi connectivity index (χ0v) is 15.0. The summed E-state index contributed by atoms with van der Waals surface area (Å²) in [6.45, 7) is 0.816. The van der Waals surface area contributed by atoms with Crippen molar-refractivity contribution in [3.63, 3.8) is 0 Å². The fraction of sp³-hybridized carbons (Fsp3) is 0.200. The topological polar surface area (TPSA) is 57.5 Å². The smallest absolute Gasteiger partial charge is 0.258 e. The summed E-state index contributed by atoms with van der Waals surface area (Å²) >= 11 is 5.83. The Morgan fingerprint density at radius 1 is 1.08 bits per heavy atom. The Balaban J connectivity index is 1.82. The highest BCUT2D eigenvalue weighted by atomic mass is 35.5. The number of nitrogens with zero attached hydrogens (tertiary/aromatic N) is 1. The Kier molecular flexibility index (Phi) is 5.71. The molecule has 0 aliphatic heterocycles. The number of ketones is 1. The second kappa shape index (κ2) is 8.17. The summed E-state index contributed by atoms with van der Waals surface area (Å²) < 4.78 is 12.3. The quantitative estimate of drug-likeness (QED) is 0.596. The van der Waals surface area contributed by atoms with E-state index >= 15 is 0 Å². The number of Topliss-reactive ketones (excluding diaryl/α,β-unsaturated/α-hetero) is 1. The van der Waals surface area contributed by atoms with Gasteiger partial charge in [-0.1, -0.05) is 17.7 Å². The van der Waals surface area contributed by atoms with Crippen LogP contribution in [0.3, 0.4) is 0 Å². The lowest BCUT2D eigenvalue weighted by Gasteiger charge is -2.11. The number of halogens is 1. The molecule has 26 heavy (non-hydrogen) atoms. The first kappa shape index (κ1) is 18.2. The molecule has 0 fully saturated rings. The van der Waals surface area contributed by atoms with E-state index in [-0.39, 0.29) is 17.9 Å². The number of hydrogen-bond acceptors (Lipinski definition) is 4. The van der Waals surface area contributed by atoms with E-state index in [1.807, 2.05) is 6.07 Å². The molecule has 0 unspecified atom stereocenters. The molecule has 5 nitrogen and oxygen atoms in total. The van der Waals surface area contributed by atoms with Crippen molar-refractivity contribution < 1.29 is 14.3 Å². The molecular formula is C20H18ClNO4. The first-order valence-electron chi connectivity index (χ1n) is 8.13. The summed E-state index contributed by atoms with van der Waals surface area (Å²) in [6, 6.07) is 13.7. The number of rotatable bonds is 7. The Labute approximate surface area is 155 Å². The maximum Gasteiger partial charge on any atom is 0.258 e. The molecule has 134 valence electrons. The molecule has 0 saturated carbocycles. The number of methoxy groups -OCH3 is 1. The van der Waals surface area contributed by atoms with Crippen molar-refractivity contribution in [3.05, 3.63) is 75.7 Å².